The minimum Gasteiger partial charge on any atom is -0.465 e. The van der Waals surface area contributed by atoms with Crippen molar-refractivity contribution >= 4 is 32.9 Å². The fraction of sp³-hybridized carbons (Fsp3) is 0.182. The van der Waals surface area contributed by atoms with Crippen LogP contribution in [0.4, 0.5) is 0 Å². The highest BCUT2D eigenvalue weighted by Gasteiger charge is 2.19. The van der Waals surface area contributed by atoms with Crippen molar-refractivity contribution in [3.63, 3.8) is 0 Å². The van der Waals surface area contributed by atoms with Crippen molar-refractivity contribution in [3.05, 3.63) is 87.5 Å². The smallest absolute Gasteiger partial charge is 0.256 e. The fourth-order valence-electron chi connectivity index (χ4n) is 3.28. The molecule has 2 aromatic heterocycles. The Kier molecular flexibility index (Phi) is 5.05. The van der Waals surface area contributed by atoms with Crippen LogP contribution in [0.5, 0.6) is 0 Å². The summed E-state index contributed by atoms with van der Waals surface area (Å²) in [7, 11) is 0. The Balaban J connectivity index is 1.41. The summed E-state index contributed by atoms with van der Waals surface area (Å²) >= 11 is 3.42. The van der Waals surface area contributed by atoms with E-state index in [1.165, 1.54) is 5.56 Å². The molecule has 0 aliphatic carbocycles. The number of rotatable bonds is 5. The van der Waals surface area contributed by atoms with Gasteiger partial charge in [0.2, 0.25) is 0 Å². The Hall–Kier alpha value is -2.86. The zero-order valence-corrected chi connectivity index (χ0v) is 17.3. The summed E-state index contributed by atoms with van der Waals surface area (Å²) in [5.74, 6) is 1.18. The predicted molar refractivity (Wildman–Crippen MR) is 112 cm³/mol. The Labute approximate surface area is 171 Å². The normalized spacial score (nSPS) is 11.1. The Bertz CT molecular complexity index is 1140. The zero-order chi connectivity index (χ0) is 19.7. The van der Waals surface area contributed by atoms with Gasteiger partial charge in [-0.2, -0.15) is 0 Å². The number of benzene rings is 2. The Morgan fingerprint density at radius 2 is 1.79 bits per heavy atom. The van der Waals surface area contributed by atoms with Gasteiger partial charge in [0.05, 0.1) is 27.4 Å². The minimum atomic E-state index is -0.143. The molecule has 0 unspecified atom stereocenters. The second-order valence-corrected chi connectivity index (χ2v) is 7.56. The number of hydrogen-bond donors (Lipinski definition) is 1. The highest BCUT2D eigenvalue weighted by atomic mass is 79.9. The Morgan fingerprint density at radius 1 is 1.07 bits per heavy atom. The maximum absolute atomic E-state index is 12.5. The van der Waals surface area contributed by atoms with Gasteiger partial charge in [0.1, 0.15) is 11.5 Å². The molecule has 0 saturated carbocycles. The fourth-order valence-corrected chi connectivity index (χ4v) is 3.82. The van der Waals surface area contributed by atoms with E-state index in [-0.39, 0.29) is 5.91 Å². The van der Waals surface area contributed by atoms with E-state index in [4.69, 9.17) is 4.42 Å². The van der Waals surface area contributed by atoms with Gasteiger partial charge in [-0.3, -0.25) is 4.79 Å². The van der Waals surface area contributed by atoms with Crippen LogP contribution in [-0.2, 0) is 13.1 Å². The van der Waals surface area contributed by atoms with Gasteiger partial charge < -0.3 is 14.3 Å². The van der Waals surface area contributed by atoms with E-state index in [9.17, 15) is 4.79 Å². The molecule has 0 spiro atoms. The van der Waals surface area contributed by atoms with Crippen LogP contribution in [0.1, 0.15) is 33.0 Å². The number of carbonyl (C=O) groups excluding carboxylic acids is 1. The number of furan rings is 1. The van der Waals surface area contributed by atoms with Crippen LogP contribution in [0.15, 0.2) is 63.7 Å². The lowest BCUT2D eigenvalue weighted by Crippen LogP contribution is -2.23. The van der Waals surface area contributed by atoms with E-state index in [0.29, 0.717) is 28.1 Å². The van der Waals surface area contributed by atoms with Crippen LogP contribution in [0.2, 0.25) is 0 Å². The lowest BCUT2D eigenvalue weighted by atomic mass is 10.1. The van der Waals surface area contributed by atoms with Gasteiger partial charge in [-0.05, 0) is 53.0 Å². The van der Waals surface area contributed by atoms with Gasteiger partial charge in [0.25, 0.3) is 5.91 Å². The third kappa shape index (κ3) is 3.60. The van der Waals surface area contributed by atoms with Crippen molar-refractivity contribution < 1.29 is 9.21 Å². The molecular formula is C22H20BrN3O2. The summed E-state index contributed by atoms with van der Waals surface area (Å²) in [4.78, 5) is 16.9. The number of aryl methyl sites for hydroxylation is 2. The number of nitrogens with zero attached hydrogens (tertiary/aromatic N) is 2. The molecule has 0 aliphatic heterocycles. The highest BCUT2D eigenvalue weighted by molar-refractivity contribution is 9.10. The van der Waals surface area contributed by atoms with Crippen molar-refractivity contribution in [3.8, 4) is 0 Å². The average molecular weight is 438 g/mol. The molecule has 2 heterocycles. The lowest BCUT2D eigenvalue weighted by molar-refractivity contribution is 0.0948. The molecule has 6 heteroatoms. The highest BCUT2D eigenvalue weighted by Crippen LogP contribution is 2.27. The third-order valence-electron chi connectivity index (χ3n) is 4.77. The summed E-state index contributed by atoms with van der Waals surface area (Å²) in [5, 5.41) is 2.96. The van der Waals surface area contributed by atoms with Crippen molar-refractivity contribution in [2.75, 3.05) is 0 Å². The van der Waals surface area contributed by atoms with Crippen LogP contribution < -0.4 is 5.32 Å². The van der Waals surface area contributed by atoms with Crippen molar-refractivity contribution in [2.24, 2.45) is 0 Å². The van der Waals surface area contributed by atoms with Crippen LogP contribution >= 0.6 is 15.9 Å². The number of halogens is 1. The lowest BCUT2D eigenvalue weighted by Gasteiger charge is -2.08. The van der Waals surface area contributed by atoms with E-state index in [1.807, 2.05) is 43.6 Å². The van der Waals surface area contributed by atoms with Crippen LogP contribution in [-0.4, -0.2) is 15.5 Å². The number of amides is 1. The number of para-hydroxylation sites is 2. The summed E-state index contributed by atoms with van der Waals surface area (Å²) in [6.07, 6.45) is 1.87. The second-order valence-electron chi connectivity index (χ2n) is 6.76. The first-order chi connectivity index (χ1) is 13.5. The maximum Gasteiger partial charge on any atom is 0.256 e. The molecule has 5 nitrogen and oxygen atoms in total. The molecule has 1 amide bonds. The molecule has 0 atom stereocenters. The summed E-state index contributed by atoms with van der Waals surface area (Å²) in [6, 6.07) is 16.3. The standard InChI is InChI=1S/C22H20BrN3O2/c1-14-20(21(23)15(2)28-14)22(27)24-11-16-7-9-17(10-8-16)12-26-13-25-18-5-3-4-6-19(18)26/h3-10,13H,11-12H2,1-2H3,(H,24,27). The van der Waals surface area contributed by atoms with Gasteiger partial charge in [0.15, 0.2) is 0 Å². The summed E-state index contributed by atoms with van der Waals surface area (Å²) < 4.78 is 8.35. The van der Waals surface area contributed by atoms with Gasteiger partial charge in [-0.25, -0.2) is 4.98 Å². The number of nitrogens with one attached hydrogen (secondary N) is 1. The topological polar surface area (TPSA) is 60.1 Å². The quantitative estimate of drug-likeness (QED) is 0.478. The average Bonchev–Trinajstić information content (AvgIpc) is 3.21. The van der Waals surface area contributed by atoms with E-state index in [1.54, 1.807) is 6.92 Å². The van der Waals surface area contributed by atoms with Crippen molar-refractivity contribution in [1.29, 1.82) is 0 Å². The van der Waals surface area contributed by atoms with E-state index in [0.717, 1.165) is 23.1 Å². The molecule has 142 valence electrons. The first-order valence-electron chi connectivity index (χ1n) is 9.04. The summed E-state index contributed by atoms with van der Waals surface area (Å²) in [6.45, 7) is 4.84. The number of carbonyl (C=O) groups is 1. The van der Waals surface area contributed by atoms with Crippen LogP contribution in [0.25, 0.3) is 11.0 Å². The zero-order valence-electron chi connectivity index (χ0n) is 15.7. The monoisotopic (exact) mass is 437 g/mol. The SMILES string of the molecule is Cc1oc(C)c(C(=O)NCc2ccc(Cn3cnc4ccccc43)cc2)c1Br. The molecule has 4 aromatic rings. The molecule has 0 radical (unpaired) electrons. The molecule has 4 rings (SSSR count). The molecule has 0 bridgehead atoms. The second kappa shape index (κ2) is 7.64. The number of imidazole rings is 1. The molecular weight excluding hydrogens is 418 g/mol. The molecule has 0 fully saturated rings. The number of fused-ring (bicyclic) bond motifs is 1. The molecule has 28 heavy (non-hydrogen) atoms. The molecule has 1 N–H and O–H groups in total. The van der Waals surface area contributed by atoms with Crippen molar-refractivity contribution in [1.82, 2.24) is 14.9 Å². The molecule has 0 saturated heterocycles. The van der Waals surface area contributed by atoms with E-state index >= 15 is 0 Å². The van der Waals surface area contributed by atoms with Gasteiger partial charge in [-0.1, -0.05) is 36.4 Å². The van der Waals surface area contributed by atoms with E-state index < -0.39 is 0 Å². The first-order valence-corrected chi connectivity index (χ1v) is 9.83. The van der Waals surface area contributed by atoms with E-state index in [2.05, 4.69) is 49.0 Å². The van der Waals surface area contributed by atoms with Gasteiger partial charge in [-0.15, -0.1) is 0 Å². The predicted octanol–water partition coefficient (Wildman–Crippen LogP) is 4.99. The largest absolute Gasteiger partial charge is 0.465 e. The van der Waals surface area contributed by atoms with Crippen LogP contribution in [0, 0.1) is 13.8 Å². The Morgan fingerprint density at radius 3 is 2.50 bits per heavy atom. The third-order valence-corrected chi connectivity index (χ3v) is 5.73. The number of aromatic nitrogens is 2. The maximum atomic E-state index is 12.5. The molecule has 2 aromatic carbocycles. The van der Waals surface area contributed by atoms with Crippen molar-refractivity contribution in [2.45, 2.75) is 26.9 Å². The van der Waals surface area contributed by atoms with Crippen LogP contribution in [0.3, 0.4) is 0 Å². The van der Waals surface area contributed by atoms with Gasteiger partial charge >= 0.3 is 0 Å². The minimum absolute atomic E-state index is 0.143. The first kappa shape index (κ1) is 18.5. The summed E-state index contributed by atoms with van der Waals surface area (Å²) in [5.41, 5.74) is 4.90. The number of hydrogen-bond acceptors (Lipinski definition) is 3. The van der Waals surface area contributed by atoms with Gasteiger partial charge in [0, 0.05) is 13.1 Å². The molecule has 0 aliphatic rings.